The van der Waals surface area contributed by atoms with Gasteiger partial charge in [0, 0.05) is 29.2 Å². The Balaban J connectivity index is 2.46. The molecule has 0 fully saturated rings. The van der Waals surface area contributed by atoms with Gasteiger partial charge in [-0.05, 0) is 28.4 Å². The number of nitrogens with two attached hydrogens (primary N) is 1. The molecule has 1 heterocycles. The van der Waals surface area contributed by atoms with Crippen molar-refractivity contribution < 1.29 is 17.9 Å². The molecule has 0 amide bonds. The summed E-state index contributed by atoms with van der Waals surface area (Å²) >= 11 is 3.22. The van der Waals surface area contributed by atoms with Crippen LogP contribution in [0.3, 0.4) is 0 Å². The second-order valence-corrected chi connectivity index (χ2v) is 4.30. The van der Waals surface area contributed by atoms with Gasteiger partial charge in [0.05, 0.1) is 6.61 Å². The minimum absolute atomic E-state index is 0.0266. The Labute approximate surface area is 105 Å². The van der Waals surface area contributed by atoms with Gasteiger partial charge in [-0.3, -0.25) is 0 Å². The van der Waals surface area contributed by atoms with Crippen molar-refractivity contribution in [3.05, 3.63) is 22.3 Å². The van der Waals surface area contributed by atoms with Gasteiger partial charge in [0.15, 0.2) is 0 Å². The van der Waals surface area contributed by atoms with Crippen molar-refractivity contribution in [2.45, 2.75) is 25.6 Å². The second kappa shape index (κ2) is 6.20. The summed E-state index contributed by atoms with van der Waals surface area (Å²) in [5.41, 5.74) is 6.13. The molecule has 0 radical (unpaired) electrons. The van der Waals surface area contributed by atoms with Gasteiger partial charge in [-0.1, -0.05) is 0 Å². The van der Waals surface area contributed by atoms with Gasteiger partial charge in [0.2, 0.25) is 5.88 Å². The standard InChI is InChI=1S/C10H12BrF3N2O/c11-8-4-7(5-15)9(16-6-8)17-3-1-2-10(12,13)14/h4,6H,1-3,5,15H2. The molecule has 0 bridgehead atoms. The molecule has 17 heavy (non-hydrogen) atoms. The highest BCUT2D eigenvalue weighted by Gasteiger charge is 2.26. The van der Waals surface area contributed by atoms with Crippen LogP contribution in [0.1, 0.15) is 18.4 Å². The molecule has 0 aliphatic heterocycles. The van der Waals surface area contributed by atoms with Crippen LogP contribution in [0.4, 0.5) is 13.2 Å². The topological polar surface area (TPSA) is 48.1 Å². The normalized spacial score (nSPS) is 11.6. The van der Waals surface area contributed by atoms with E-state index in [1.165, 1.54) is 6.20 Å². The Morgan fingerprint density at radius 2 is 2.12 bits per heavy atom. The van der Waals surface area contributed by atoms with Gasteiger partial charge in [-0.25, -0.2) is 4.98 Å². The van der Waals surface area contributed by atoms with E-state index in [2.05, 4.69) is 20.9 Å². The van der Waals surface area contributed by atoms with E-state index < -0.39 is 12.6 Å². The number of aromatic nitrogens is 1. The summed E-state index contributed by atoms with van der Waals surface area (Å²) in [6.07, 6.45) is -3.59. The molecular formula is C10H12BrF3N2O. The molecule has 1 aromatic heterocycles. The van der Waals surface area contributed by atoms with Crippen molar-refractivity contribution in [3.8, 4) is 5.88 Å². The number of halogens is 4. The van der Waals surface area contributed by atoms with E-state index in [9.17, 15) is 13.2 Å². The van der Waals surface area contributed by atoms with Crippen molar-refractivity contribution in [1.82, 2.24) is 4.98 Å². The molecule has 0 saturated heterocycles. The maximum absolute atomic E-state index is 11.9. The van der Waals surface area contributed by atoms with Gasteiger partial charge < -0.3 is 10.5 Å². The Morgan fingerprint density at radius 3 is 2.71 bits per heavy atom. The number of ether oxygens (including phenoxy) is 1. The predicted molar refractivity (Wildman–Crippen MR) is 60.6 cm³/mol. The molecule has 2 N–H and O–H groups in total. The minimum Gasteiger partial charge on any atom is -0.477 e. The van der Waals surface area contributed by atoms with Gasteiger partial charge in [-0.15, -0.1) is 0 Å². The molecule has 0 aliphatic carbocycles. The van der Waals surface area contributed by atoms with Crippen molar-refractivity contribution >= 4 is 15.9 Å². The Kier molecular flexibility index (Phi) is 5.20. The highest BCUT2D eigenvalue weighted by atomic mass is 79.9. The molecule has 1 aromatic rings. The number of rotatable bonds is 5. The smallest absolute Gasteiger partial charge is 0.389 e. The fraction of sp³-hybridized carbons (Fsp3) is 0.500. The van der Waals surface area contributed by atoms with E-state index in [1.54, 1.807) is 6.07 Å². The average molecular weight is 313 g/mol. The van der Waals surface area contributed by atoms with Crippen LogP contribution in [-0.2, 0) is 6.54 Å². The SMILES string of the molecule is NCc1cc(Br)cnc1OCCCC(F)(F)F. The maximum atomic E-state index is 11.9. The van der Waals surface area contributed by atoms with E-state index in [-0.39, 0.29) is 25.5 Å². The molecule has 0 unspecified atom stereocenters. The first-order chi connectivity index (χ1) is 7.92. The quantitative estimate of drug-likeness (QED) is 0.850. The number of alkyl halides is 3. The maximum Gasteiger partial charge on any atom is 0.389 e. The zero-order valence-corrected chi connectivity index (χ0v) is 10.5. The molecular weight excluding hydrogens is 301 g/mol. The third-order valence-electron chi connectivity index (χ3n) is 1.96. The lowest BCUT2D eigenvalue weighted by atomic mass is 10.3. The van der Waals surface area contributed by atoms with Crippen LogP contribution in [0.5, 0.6) is 5.88 Å². The number of pyridine rings is 1. The first kappa shape index (κ1) is 14.2. The largest absolute Gasteiger partial charge is 0.477 e. The molecule has 3 nitrogen and oxygen atoms in total. The van der Waals surface area contributed by atoms with Gasteiger partial charge in [0.25, 0.3) is 0 Å². The van der Waals surface area contributed by atoms with Crippen LogP contribution in [0.25, 0.3) is 0 Å². The Morgan fingerprint density at radius 1 is 1.41 bits per heavy atom. The monoisotopic (exact) mass is 312 g/mol. The van der Waals surface area contributed by atoms with E-state index in [1.807, 2.05) is 0 Å². The van der Waals surface area contributed by atoms with E-state index in [0.717, 1.165) is 4.47 Å². The van der Waals surface area contributed by atoms with E-state index in [0.29, 0.717) is 5.56 Å². The van der Waals surface area contributed by atoms with Crippen molar-refractivity contribution in [1.29, 1.82) is 0 Å². The molecule has 0 atom stereocenters. The fourth-order valence-corrected chi connectivity index (χ4v) is 1.57. The van der Waals surface area contributed by atoms with Crippen LogP contribution in [0.2, 0.25) is 0 Å². The van der Waals surface area contributed by atoms with Crippen LogP contribution in [-0.4, -0.2) is 17.8 Å². The highest BCUT2D eigenvalue weighted by molar-refractivity contribution is 9.10. The fourth-order valence-electron chi connectivity index (χ4n) is 1.19. The molecule has 0 saturated carbocycles. The summed E-state index contributed by atoms with van der Waals surface area (Å²) in [5.74, 6) is 0.290. The lowest BCUT2D eigenvalue weighted by Gasteiger charge is -2.10. The number of hydrogen-bond donors (Lipinski definition) is 1. The summed E-state index contributed by atoms with van der Waals surface area (Å²) in [6.45, 7) is 0.197. The third-order valence-corrected chi connectivity index (χ3v) is 2.39. The van der Waals surface area contributed by atoms with Gasteiger partial charge in [0.1, 0.15) is 0 Å². The summed E-state index contributed by atoms with van der Waals surface area (Å²) in [4.78, 5) is 3.95. The first-order valence-electron chi connectivity index (χ1n) is 4.96. The van der Waals surface area contributed by atoms with Crippen LogP contribution < -0.4 is 10.5 Å². The van der Waals surface area contributed by atoms with Gasteiger partial charge in [-0.2, -0.15) is 13.2 Å². The van der Waals surface area contributed by atoms with Crippen LogP contribution >= 0.6 is 15.9 Å². The molecule has 0 aromatic carbocycles. The first-order valence-corrected chi connectivity index (χ1v) is 5.75. The van der Waals surface area contributed by atoms with E-state index in [4.69, 9.17) is 10.5 Å². The lowest BCUT2D eigenvalue weighted by Crippen LogP contribution is -2.11. The third kappa shape index (κ3) is 5.36. The average Bonchev–Trinajstić information content (AvgIpc) is 2.24. The second-order valence-electron chi connectivity index (χ2n) is 3.39. The van der Waals surface area contributed by atoms with Crippen LogP contribution in [0.15, 0.2) is 16.7 Å². The van der Waals surface area contributed by atoms with Crippen molar-refractivity contribution in [2.75, 3.05) is 6.61 Å². The lowest BCUT2D eigenvalue weighted by molar-refractivity contribution is -0.136. The van der Waals surface area contributed by atoms with E-state index >= 15 is 0 Å². The zero-order valence-electron chi connectivity index (χ0n) is 8.93. The molecule has 7 heteroatoms. The summed E-state index contributed by atoms with van der Waals surface area (Å²) in [6, 6.07) is 1.73. The molecule has 0 aliphatic rings. The summed E-state index contributed by atoms with van der Waals surface area (Å²) in [7, 11) is 0. The summed E-state index contributed by atoms with van der Waals surface area (Å²) in [5, 5.41) is 0. The van der Waals surface area contributed by atoms with Crippen LogP contribution in [0, 0.1) is 0 Å². The molecule has 0 spiro atoms. The molecule has 1 rings (SSSR count). The predicted octanol–water partition coefficient (Wildman–Crippen LogP) is 3.02. The molecule has 96 valence electrons. The Hall–Kier alpha value is -0.820. The number of nitrogens with zero attached hydrogens (tertiary/aromatic N) is 1. The highest BCUT2D eigenvalue weighted by Crippen LogP contribution is 2.23. The van der Waals surface area contributed by atoms with Crippen molar-refractivity contribution in [3.63, 3.8) is 0 Å². The number of hydrogen-bond acceptors (Lipinski definition) is 3. The van der Waals surface area contributed by atoms with Gasteiger partial charge >= 0.3 is 6.18 Å². The Bertz CT molecular complexity index is 371. The van der Waals surface area contributed by atoms with Crippen molar-refractivity contribution in [2.24, 2.45) is 5.73 Å². The zero-order chi connectivity index (χ0) is 12.9. The minimum atomic E-state index is -4.15. The summed E-state index contributed by atoms with van der Waals surface area (Å²) < 4.78 is 41.6.